The van der Waals surface area contributed by atoms with Crippen LogP contribution in [0, 0.1) is 0 Å². The minimum Gasteiger partial charge on any atom is -0.452 e. The quantitative estimate of drug-likeness (QED) is 0.666. The lowest BCUT2D eigenvalue weighted by Gasteiger charge is -2.23. The molecule has 10 heteroatoms. The molecule has 160 valence electrons. The maximum absolute atomic E-state index is 12.3. The Bertz CT molecular complexity index is 920. The van der Waals surface area contributed by atoms with E-state index in [2.05, 4.69) is 5.32 Å². The molecule has 0 spiro atoms. The van der Waals surface area contributed by atoms with Crippen LogP contribution >= 0.6 is 0 Å². The smallest absolute Gasteiger partial charge is 0.338 e. The first-order valence-corrected chi connectivity index (χ1v) is 11.0. The molecule has 1 aliphatic heterocycles. The van der Waals surface area contributed by atoms with Crippen molar-refractivity contribution >= 4 is 33.5 Å². The van der Waals surface area contributed by atoms with Crippen LogP contribution in [0.3, 0.4) is 0 Å². The van der Waals surface area contributed by atoms with Gasteiger partial charge in [-0.3, -0.25) is 13.9 Å². The Balaban J connectivity index is 1.93. The van der Waals surface area contributed by atoms with Crippen molar-refractivity contribution in [1.82, 2.24) is 10.2 Å². The molecule has 0 saturated carbocycles. The maximum Gasteiger partial charge on any atom is 0.338 e. The highest BCUT2D eigenvalue weighted by molar-refractivity contribution is 7.92. The summed E-state index contributed by atoms with van der Waals surface area (Å²) in [5, 5.41) is 2.75. The van der Waals surface area contributed by atoms with Crippen molar-refractivity contribution in [1.29, 1.82) is 0 Å². The van der Waals surface area contributed by atoms with Crippen LogP contribution in [-0.4, -0.2) is 69.6 Å². The number of nitrogens with zero attached hydrogens (tertiary/aromatic N) is 2. The SMILES string of the molecule is CN(CC(=O)NC(C)(C)C)C(=O)COC(=O)c1ccc2c(c1)CCN2S(C)(=O)=O. The fourth-order valence-electron chi connectivity index (χ4n) is 2.93. The van der Waals surface area contributed by atoms with Crippen molar-refractivity contribution in [2.45, 2.75) is 32.7 Å². The number of carbonyl (C=O) groups is 3. The number of esters is 1. The minimum atomic E-state index is -3.37. The summed E-state index contributed by atoms with van der Waals surface area (Å²) in [6.45, 7) is 5.19. The van der Waals surface area contributed by atoms with Gasteiger partial charge < -0.3 is 15.0 Å². The summed E-state index contributed by atoms with van der Waals surface area (Å²) >= 11 is 0. The van der Waals surface area contributed by atoms with E-state index >= 15 is 0 Å². The van der Waals surface area contributed by atoms with Crippen LogP contribution < -0.4 is 9.62 Å². The molecule has 2 rings (SSSR count). The van der Waals surface area contributed by atoms with Gasteiger partial charge in [-0.1, -0.05) is 0 Å². The van der Waals surface area contributed by atoms with E-state index in [-0.39, 0.29) is 18.0 Å². The predicted molar refractivity (Wildman–Crippen MR) is 108 cm³/mol. The molecular formula is C19H27N3O6S. The number of nitrogens with one attached hydrogen (secondary N) is 1. The number of sulfonamides is 1. The summed E-state index contributed by atoms with van der Waals surface area (Å²) in [6, 6.07) is 4.61. The molecule has 1 N–H and O–H groups in total. The van der Waals surface area contributed by atoms with Gasteiger partial charge in [0.25, 0.3) is 5.91 Å². The second-order valence-electron chi connectivity index (χ2n) is 8.05. The summed E-state index contributed by atoms with van der Waals surface area (Å²) in [4.78, 5) is 37.4. The van der Waals surface area contributed by atoms with E-state index in [0.29, 0.717) is 18.7 Å². The average molecular weight is 426 g/mol. The number of hydrogen-bond donors (Lipinski definition) is 1. The number of amides is 2. The Hall–Kier alpha value is -2.62. The number of ether oxygens (including phenoxy) is 1. The van der Waals surface area contributed by atoms with Gasteiger partial charge in [-0.15, -0.1) is 0 Å². The third-order valence-corrected chi connectivity index (χ3v) is 5.40. The highest BCUT2D eigenvalue weighted by Gasteiger charge is 2.27. The Labute approximate surface area is 171 Å². The number of fused-ring (bicyclic) bond motifs is 1. The number of rotatable bonds is 6. The molecule has 29 heavy (non-hydrogen) atoms. The monoisotopic (exact) mass is 425 g/mol. The fraction of sp³-hybridized carbons (Fsp3) is 0.526. The molecule has 0 bridgehead atoms. The van der Waals surface area contributed by atoms with Crippen LogP contribution in [0.5, 0.6) is 0 Å². The number of carbonyl (C=O) groups excluding carboxylic acids is 3. The van der Waals surface area contributed by atoms with Gasteiger partial charge >= 0.3 is 5.97 Å². The van der Waals surface area contributed by atoms with E-state index in [4.69, 9.17) is 4.74 Å². The number of hydrogen-bond acceptors (Lipinski definition) is 6. The number of anilines is 1. The molecular weight excluding hydrogens is 398 g/mol. The predicted octanol–water partition coefficient (Wildman–Crippen LogP) is 0.539. The largest absolute Gasteiger partial charge is 0.452 e. The average Bonchev–Trinajstić information content (AvgIpc) is 3.00. The Morgan fingerprint density at radius 1 is 1.24 bits per heavy atom. The van der Waals surface area contributed by atoms with Crippen LogP contribution in [0.25, 0.3) is 0 Å². The normalized spacial score (nSPS) is 13.6. The lowest BCUT2D eigenvalue weighted by Crippen LogP contribution is -2.46. The van der Waals surface area contributed by atoms with Gasteiger partial charge in [-0.25, -0.2) is 13.2 Å². The summed E-state index contributed by atoms with van der Waals surface area (Å²) < 4.78 is 29.9. The highest BCUT2D eigenvalue weighted by atomic mass is 32.2. The van der Waals surface area contributed by atoms with Crippen molar-refractivity contribution in [3.63, 3.8) is 0 Å². The standard InChI is InChI=1S/C19H27N3O6S/c1-19(2,3)20-16(23)11-21(4)17(24)12-28-18(25)14-6-7-15-13(10-14)8-9-22(15)29(5,26)27/h6-7,10H,8-9,11-12H2,1-5H3,(H,20,23). The molecule has 1 heterocycles. The maximum atomic E-state index is 12.3. The zero-order valence-electron chi connectivity index (χ0n) is 17.3. The van der Waals surface area contributed by atoms with Crippen LogP contribution in [0.1, 0.15) is 36.7 Å². The van der Waals surface area contributed by atoms with Gasteiger partial charge in [-0.05, 0) is 51.0 Å². The van der Waals surface area contributed by atoms with Gasteiger partial charge in [0.1, 0.15) is 0 Å². The molecule has 0 saturated heterocycles. The van der Waals surface area contributed by atoms with Gasteiger partial charge in [0.05, 0.1) is 24.1 Å². The Morgan fingerprint density at radius 3 is 2.48 bits per heavy atom. The second kappa shape index (κ2) is 8.40. The van der Waals surface area contributed by atoms with Gasteiger partial charge in [0.2, 0.25) is 15.9 Å². The van der Waals surface area contributed by atoms with E-state index in [1.807, 2.05) is 20.8 Å². The van der Waals surface area contributed by atoms with Crippen LogP contribution in [-0.2, 0) is 30.8 Å². The highest BCUT2D eigenvalue weighted by Crippen LogP contribution is 2.30. The molecule has 2 amide bonds. The molecule has 0 atom stereocenters. The lowest BCUT2D eigenvalue weighted by molar-refractivity contribution is -0.137. The summed E-state index contributed by atoms with van der Waals surface area (Å²) in [5.41, 5.74) is 1.10. The van der Waals surface area contributed by atoms with Crippen LogP contribution in [0.2, 0.25) is 0 Å². The zero-order chi connectivity index (χ0) is 22.0. The first kappa shape index (κ1) is 22.7. The lowest BCUT2D eigenvalue weighted by atomic mass is 10.1. The topological polar surface area (TPSA) is 113 Å². The van der Waals surface area contributed by atoms with Crippen molar-refractivity contribution in [2.24, 2.45) is 0 Å². The summed E-state index contributed by atoms with van der Waals surface area (Å²) in [7, 11) is -1.92. The molecule has 0 fully saturated rings. The summed E-state index contributed by atoms with van der Waals surface area (Å²) in [5.74, 6) is -1.51. The molecule has 1 aromatic rings. The van der Waals surface area contributed by atoms with E-state index in [0.717, 1.165) is 11.8 Å². The van der Waals surface area contributed by atoms with Crippen molar-refractivity contribution < 1.29 is 27.5 Å². The van der Waals surface area contributed by atoms with Gasteiger partial charge in [-0.2, -0.15) is 0 Å². The first-order chi connectivity index (χ1) is 13.3. The molecule has 0 unspecified atom stereocenters. The number of likely N-dealkylation sites (N-methyl/N-ethyl adjacent to an activating group) is 1. The zero-order valence-corrected chi connectivity index (χ0v) is 18.1. The first-order valence-electron chi connectivity index (χ1n) is 9.10. The van der Waals surface area contributed by atoms with E-state index in [1.54, 1.807) is 12.1 Å². The third-order valence-electron chi connectivity index (χ3n) is 4.22. The fourth-order valence-corrected chi connectivity index (χ4v) is 3.88. The summed E-state index contributed by atoms with van der Waals surface area (Å²) in [6.07, 6.45) is 1.63. The van der Waals surface area contributed by atoms with Crippen LogP contribution in [0.4, 0.5) is 5.69 Å². The Morgan fingerprint density at radius 2 is 1.90 bits per heavy atom. The van der Waals surface area contributed by atoms with Crippen molar-refractivity contribution in [3.05, 3.63) is 29.3 Å². The molecule has 1 aromatic carbocycles. The van der Waals surface area contributed by atoms with Crippen molar-refractivity contribution in [3.8, 4) is 0 Å². The van der Waals surface area contributed by atoms with Gasteiger partial charge in [0.15, 0.2) is 6.61 Å². The minimum absolute atomic E-state index is 0.145. The second-order valence-corrected chi connectivity index (χ2v) is 9.96. The molecule has 9 nitrogen and oxygen atoms in total. The molecule has 0 aliphatic carbocycles. The van der Waals surface area contributed by atoms with Crippen LogP contribution in [0.15, 0.2) is 18.2 Å². The van der Waals surface area contributed by atoms with E-state index in [9.17, 15) is 22.8 Å². The Kier molecular flexibility index (Phi) is 6.56. The molecule has 0 aromatic heterocycles. The third kappa shape index (κ3) is 6.18. The van der Waals surface area contributed by atoms with E-state index < -0.39 is 34.0 Å². The molecule has 0 radical (unpaired) electrons. The van der Waals surface area contributed by atoms with Crippen molar-refractivity contribution in [2.75, 3.05) is 37.3 Å². The molecule has 1 aliphatic rings. The number of benzene rings is 1. The van der Waals surface area contributed by atoms with E-state index in [1.165, 1.54) is 22.3 Å². The van der Waals surface area contributed by atoms with Gasteiger partial charge in [0, 0.05) is 19.1 Å².